The molecule has 1 aromatic rings. The second-order valence-electron chi connectivity index (χ2n) is 6.93. The standard InChI is InChI=1S/C19H28O4/c1-13-9-7-8-10-16(13)14(2)15(3)22-17(20)11-12-18(21)23-19(4,5)6/h7-10,14-15H,11-12H2,1-6H3/t14-,15-/m1/s1. The summed E-state index contributed by atoms with van der Waals surface area (Å²) in [5, 5.41) is 0. The number of carbonyl (C=O) groups excluding carboxylic acids is 2. The predicted octanol–water partition coefficient (Wildman–Crippen LogP) is 4.15. The SMILES string of the molecule is Cc1ccccc1[C@H](C)[C@@H](C)OC(=O)CCC(=O)OC(C)(C)C. The van der Waals surface area contributed by atoms with E-state index in [1.807, 2.05) is 45.0 Å². The van der Waals surface area contributed by atoms with Crippen molar-refractivity contribution in [1.82, 2.24) is 0 Å². The largest absolute Gasteiger partial charge is 0.462 e. The fourth-order valence-electron chi connectivity index (χ4n) is 2.32. The molecule has 2 atom stereocenters. The Balaban J connectivity index is 2.48. The van der Waals surface area contributed by atoms with Gasteiger partial charge in [0.1, 0.15) is 11.7 Å². The monoisotopic (exact) mass is 320 g/mol. The molecule has 0 saturated heterocycles. The van der Waals surface area contributed by atoms with E-state index in [0.717, 1.165) is 0 Å². The summed E-state index contributed by atoms with van der Waals surface area (Å²) < 4.78 is 10.6. The topological polar surface area (TPSA) is 52.6 Å². The van der Waals surface area contributed by atoms with Crippen molar-refractivity contribution in [3.8, 4) is 0 Å². The number of aryl methyl sites for hydroxylation is 1. The van der Waals surface area contributed by atoms with Crippen LogP contribution in [-0.4, -0.2) is 23.6 Å². The molecule has 0 heterocycles. The molecule has 0 saturated carbocycles. The van der Waals surface area contributed by atoms with E-state index in [9.17, 15) is 9.59 Å². The van der Waals surface area contributed by atoms with Crippen LogP contribution >= 0.6 is 0 Å². The minimum atomic E-state index is -0.534. The second-order valence-corrected chi connectivity index (χ2v) is 6.93. The molecule has 0 aliphatic carbocycles. The molecule has 23 heavy (non-hydrogen) atoms. The number of hydrogen-bond donors (Lipinski definition) is 0. The predicted molar refractivity (Wildman–Crippen MR) is 90.2 cm³/mol. The van der Waals surface area contributed by atoms with Crippen molar-refractivity contribution in [2.45, 2.75) is 72.0 Å². The smallest absolute Gasteiger partial charge is 0.306 e. The number of ether oxygens (including phenoxy) is 2. The molecule has 0 fully saturated rings. The number of benzene rings is 1. The highest BCUT2D eigenvalue weighted by Crippen LogP contribution is 2.24. The lowest BCUT2D eigenvalue weighted by molar-refractivity contribution is -0.159. The third kappa shape index (κ3) is 6.85. The zero-order valence-electron chi connectivity index (χ0n) is 15.0. The summed E-state index contributed by atoms with van der Waals surface area (Å²) >= 11 is 0. The number of hydrogen-bond acceptors (Lipinski definition) is 4. The van der Waals surface area contributed by atoms with Crippen LogP contribution in [0.15, 0.2) is 24.3 Å². The summed E-state index contributed by atoms with van der Waals surface area (Å²) in [4.78, 5) is 23.5. The Morgan fingerprint density at radius 3 is 2.17 bits per heavy atom. The molecular formula is C19H28O4. The van der Waals surface area contributed by atoms with Crippen molar-refractivity contribution in [1.29, 1.82) is 0 Å². The van der Waals surface area contributed by atoms with E-state index in [4.69, 9.17) is 9.47 Å². The van der Waals surface area contributed by atoms with Gasteiger partial charge in [0.2, 0.25) is 0 Å². The van der Waals surface area contributed by atoms with Crippen molar-refractivity contribution < 1.29 is 19.1 Å². The molecule has 0 radical (unpaired) electrons. The van der Waals surface area contributed by atoms with Gasteiger partial charge in [-0.3, -0.25) is 9.59 Å². The average molecular weight is 320 g/mol. The molecule has 4 nitrogen and oxygen atoms in total. The number of rotatable bonds is 6. The maximum Gasteiger partial charge on any atom is 0.306 e. The molecule has 1 rings (SSSR count). The molecule has 0 aromatic heterocycles. The van der Waals surface area contributed by atoms with Gasteiger partial charge in [-0.1, -0.05) is 31.2 Å². The summed E-state index contributed by atoms with van der Waals surface area (Å²) in [6.07, 6.45) is -0.163. The molecule has 1 aromatic carbocycles. The van der Waals surface area contributed by atoms with Crippen molar-refractivity contribution in [2.24, 2.45) is 0 Å². The van der Waals surface area contributed by atoms with E-state index in [2.05, 4.69) is 0 Å². The fourth-order valence-corrected chi connectivity index (χ4v) is 2.32. The summed E-state index contributed by atoms with van der Waals surface area (Å²) in [6, 6.07) is 8.06. The van der Waals surface area contributed by atoms with E-state index in [1.54, 1.807) is 20.8 Å². The van der Waals surface area contributed by atoms with Crippen molar-refractivity contribution in [3.05, 3.63) is 35.4 Å². The van der Waals surface area contributed by atoms with Crippen LogP contribution in [0, 0.1) is 6.92 Å². The van der Waals surface area contributed by atoms with Gasteiger partial charge in [-0.25, -0.2) is 0 Å². The maximum absolute atomic E-state index is 11.9. The van der Waals surface area contributed by atoms with Gasteiger partial charge in [0.15, 0.2) is 0 Å². The van der Waals surface area contributed by atoms with E-state index in [-0.39, 0.29) is 36.8 Å². The van der Waals surface area contributed by atoms with Gasteiger partial charge < -0.3 is 9.47 Å². The normalized spacial score (nSPS) is 14.0. The van der Waals surface area contributed by atoms with Crippen molar-refractivity contribution >= 4 is 11.9 Å². The highest BCUT2D eigenvalue weighted by Gasteiger charge is 2.21. The van der Waals surface area contributed by atoms with Crippen LogP contribution in [0.2, 0.25) is 0 Å². The Labute approximate surface area is 139 Å². The third-order valence-corrected chi connectivity index (χ3v) is 3.65. The zero-order valence-corrected chi connectivity index (χ0v) is 15.0. The molecule has 0 aliphatic rings. The Morgan fingerprint density at radius 1 is 1.04 bits per heavy atom. The molecule has 0 unspecified atom stereocenters. The lowest BCUT2D eigenvalue weighted by Crippen LogP contribution is -2.25. The second kappa shape index (κ2) is 8.14. The van der Waals surface area contributed by atoms with Crippen molar-refractivity contribution in [2.75, 3.05) is 0 Å². The lowest BCUT2D eigenvalue weighted by Gasteiger charge is -2.22. The zero-order chi connectivity index (χ0) is 17.6. The molecular weight excluding hydrogens is 292 g/mol. The van der Waals surface area contributed by atoms with Gasteiger partial charge in [-0.05, 0) is 45.7 Å². The highest BCUT2D eigenvalue weighted by molar-refractivity contribution is 5.78. The first-order valence-electron chi connectivity index (χ1n) is 8.07. The summed E-state index contributed by atoms with van der Waals surface area (Å²) in [7, 11) is 0. The molecule has 0 bridgehead atoms. The summed E-state index contributed by atoms with van der Waals surface area (Å²) in [5.41, 5.74) is 1.81. The first kappa shape index (κ1) is 19.2. The van der Waals surface area contributed by atoms with Crippen LogP contribution < -0.4 is 0 Å². The molecule has 0 aliphatic heterocycles. The van der Waals surface area contributed by atoms with Crippen LogP contribution in [-0.2, 0) is 19.1 Å². The minimum Gasteiger partial charge on any atom is -0.462 e. The quantitative estimate of drug-likeness (QED) is 0.739. The van der Waals surface area contributed by atoms with Crippen LogP contribution in [0.1, 0.15) is 64.5 Å². The Hall–Kier alpha value is -1.84. The number of carbonyl (C=O) groups is 2. The highest BCUT2D eigenvalue weighted by atomic mass is 16.6. The molecule has 128 valence electrons. The molecule has 4 heteroatoms. The van der Waals surface area contributed by atoms with E-state index < -0.39 is 5.60 Å². The Kier molecular flexibility index (Phi) is 6.79. The van der Waals surface area contributed by atoms with Gasteiger partial charge >= 0.3 is 11.9 Å². The summed E-state index contributed by atoms with van der Waals surface area (Å²) in [6.45, 7) is 11.4. The average Bonchev–Trinajstić information content (AvgIpc) is 2.43. The molecule has 0 amide bonds. The lowest BCUT2D eigenvalue weighted by atomic mass is 9.92. The Morgan fingerprint density at radius 2 is 1.61 bits per heavy atom. The first-order valence-corrected chi connectivity index (χ1v) is 8.07. The minimum absolute atomic E-state index is 0.0414. The van der Waals surface area contributed by atoms with Crippen LogP contribution in [0.25, 0.3) is 0 Å². The molecule has 0 spiro atoms. The Bertz CT molecular complexity index is 543. The van der Waals surface area contributed by atoms with Gasteiger partial charge in [-0.2, -0.15) is 0 Å². The van der Waals surface area contributed by atoms with Crippen LogP contribution in [0.3, 0.4) is 0 Å². The third-order valence-electron chi connectivity index (χ3n) is 3.65. The van der Waals surface area contributed by atoms with Crippen LogP contribution in [0.4, 0.5) is 0 Å². The van der Waals surface area contributed by atoms with Gasteiger partial charge in [0, 0.05) is 5.92 Å². The van der Waals surface area contributed by atoms with Gasteiger partial charge in [0.05, 0.1) is 12.8 Å². The summed E-state index contributed by atoms with van der Waals surface area (Å²) in [5.74, 6) is -0.653. The molecule has 0 N–H and O–H groups in total. The number of esters is 2. The van der Waals surface area contributed by atoms with Crippen molar-refractivity contribution in [3.63, 3.8) is 0 Å². The van der Waals surface area contributed by atoms with Gasteiger partial charge in [0.25, 0.3) is 0 Å². The van der Waals surface area contributed by atoms with E-state index in [0.29, 0.717) is 0 Å². The first-order chi connectivity index (χ1) is 10.6. The van der Waals surface area contributed by atoms with E-state index >= 15 is 0 Å². The van der Waals surface area contributed by atoms with Gasteiger partial charge in [-0.15, -0.1) is 0 Å². The maximum atomic E-state index is 11.9. The van der Waals surface area contributed by atoms with E-state index in [1.165, 1.54) is 11.1 Å². The fraction of sp³-hybridized carbons (Fsp3) is 0.579. The van der Waals surface area contributed by atoms with Crippen LogP contribution in [0.5, 0.6) is 0 Å².